The third kappa shape index (κ3) is 10.3. The van der Waals surface area contributed by atoms with E-state index < -0.39 is 53.3 Å². The third-order valence-electron chi connectivity index (χ3n) is 11.2. The summed E-state index contributed by atoms with van der Waals surface area (Å²) in [6, 6.07) is 22.6. The van der Waals surface area contributed by atoms with E-state index in [4.69, 9.17) is 4.74 Å². The maximum Gasteiger partial charge on any atom is 0.408 e. The van der Waals surface area contributed by atoms with Crippen LogP contribution in [-0.4, -0.2) is 77.6 Å². The zero-order chi connectivity index (χ0) is 39.7. The molecule has 0 bridgehead atoms. The molecule has 56 heavy (non-hydrogen) atoms. The molecule has 2 N–H and O–H groups in total. The highest BCUT2D eigenvalue weighted by Crippen LogP contribution is 2.40. The Kier molecular flexibility index (Phi) is 14.0. The summed E-state index contributed by atoms with van der Waals surface area (Å²) in [6.07, 6.45) is -0.393. The van der Waals surface area contributed by atoms with Gasteiger partial charge in [-0.25, -0.2) is 0 Å². The van der Waals surface area contributed by atoms with Gasteiger partial charge in [-0.15, -0.1) is 11.8 Å². The van der Waals surface area contributed by atoms with Gasteiger partial charge in [-0.1, -0.05) is 72.8 Å². The van der Waals surface area contributed by atoms with Crippen LogP contribution < -0.4 is 20.3 Å². The first-order valence-corrected chi connectivity index (χ1v) is 20.7. The molecule has 4 amide bonds. The lowest BCUT2D eigenvalue weighted by molar-refractivity contribution is -0.198. The van der Waals surface area contributed by atoms with Crippen LogP contribution in [0, 0.1) is 11.8 Å². The van der Waals surface area contributed by atoms with Gasteiger partial charge < -0.3 is 25.2 Å². The summed E-state index contributed by atoms with van der Waals surface area (Å²) in [5, 5.41) is 5.37. The molecule has 0 aromatic heterocycles. The Bertz CT molecular complexity index is 1800. The Morgan fingerprint density at radius 2 is 1.32 bits per heavy atom. The normalized spacial score (nSPS) is 22.9. The number of methoxy groups -OCH3 is 1. The van der Waals surface area contributed by atoms with Crippen molar-refractivity contribution in [1.29, 1.82) is 0 Å². The Hall–Kier alpha value is -4.52. The second kappa shape index (κ2) is 19.1. The van der Waals surface area contributed by atoms with Crippen LogP contribution in [-0.2, 0) is 32.0 Å². The molecule has 9 nitrogen and oxygen atoms in total. The molecule has 1 unspecified atom stereocenters. The number of rotatable bonds is 13. The van der Waals surface area contributed by atoms with Crippen molar-refractivity contribution < 1.29 is 37.1 Å². The number of carbonyl (C=O) groups excluding carboxylic acids is 4. The van der Waals surface area contributed by atoms with Gasteiger partial charge in [-0.05, 0) is 99.6 Å². The van der Waals surface area contributed by atoms with E-state index in [1.54, 1.807) is 18.1 Å². The summed E-state index contributed by atoms with van der Waals surface area (Å²) in [5.74, 6) is -1.89. The zero-order valence-electron chi connectivity index (χ0n) is 31.7. The minimum atomic E-state index is -4.56. The molecule has 0 spiro atoms. The zero-order valence-corrected chi connectivity index (χ0v) is 32.5. The lowest BCUT2D eigenvalue weighted by atomic mass is 9.86. The largest absolute Gasteiger partial charge is 0.495 e. The predicted octanol–water partition coefficient (Wildman–Crippen LogP) is 7.09. The van der Waals surface area contributed by atoms with E-state index in [1.807, 2.05) is 78.9 Å². The van der Waals surface area contributed by atoms with Crippen molar-refractivity contribution in [2.24, 2.45) is 11.8 Å². The fraction of sp³-hybridized carbons (Fsp3) is 0.488. The van der Waals surface area contributed by atoms with Crippen molar-refractivity contribution in [1.82, 2.24) is 15.5 Å². The van der Waals surface area contributed by atoms with Gasteiger partial charge in [0.05, 0.1) is 18.2 Å². The molecule has 3 aromatic carbocycles. The first-order valence-electron chi connectivity index (χ1n) is 19.7. The van der Waals surface area contributed by atoms with E-state index in [1.165, 1.54) is 11.8 Å². The predicted molar refractivity (Wildman–Crippen MR) is 211 cm³/mol. The maximum absolute atomic E-state index is 14.3. The number of para-hydroxylation sites is 2. The van der Waals surface area contributed by atoms with E-state index in [0.717, 1.165) is 28.9 Å². The average molecular weight is 793 g/mol. The van der Waals surface area contributed by atoms with E-state index in [0.29, 0.717) is 62.3 Å². The Labute approximate surface area is 331 Å². The van der Waals surface area contributed by atoms with E-state index in [-0.39, 0.29) is 31.1 Å². The summed E-state index contributed by atoms with van der Waals surface area (Å²) in [5.41, 5.74) is 2.46. The Morgan fingerprint density at radius 3 is 1.91 bits per heavy atom. The third-order valence-corrected chi connectivity index (χ3v) is 12.5. The Balaban J connectivity index is 1.21. The number of hydrogen-bond acceptors (Lipinski definition) is 6. The number of hydrogen-bond donors (Lipinski definition) is 2. The molecular weight excluding hydrogens is 742 g/mol. The molecule has 0 aliphatic carbocycles. The molecule has 6 atom stereocenters. The monoisotopic (exact) mass is 792 g/mol. The topological polar surface area (TPSA) is 108 Å². The van der Waals surface area contributed by atoms with Crippen molar-refractivity contribution in [3.63, 3.8) is 0 Å². The van der Waals surface area contributed by atoms with Gasteiger partial charge in [0.15, 0.2) is 0 Å². The lowest BCUT2D eigenvalue weighted by Crippen LogP contribution is -2.59. The SMILES string of the molecule is COc1ccccc1N1CCCC[C@H](NC(=O)[C@H](CC[C@H](Cc2ccccc2)C(=O)N[C@H]2CCS[C@H]3CCCC(C(F)(F)F)N3C2=O)Cc2ccccc2)C1=O. The highest BCUT2D eigenvalue weighted by Gasteiger charge is 2.51. The van der Waals surface area contributed by atoms with Gasteiger partial charge in [0, 0.05) is 18.4 Å². The fourth-order valence-corrected chi connectivity index (χ4v) is 9.59. The molecule has 0 radical (unpaired) electrons. The van der Waals surface area contributed by atoms with E-state index in [9.17, 15) is 32.3 Å². The lowest BCUT2D eigenvalue weighted by Gasteiger charge is -2.42. The minimum absolute atomic E-state index is 0.153. The van der Waals surface area contributed by atoms with Gasteiger partial charge in [0.2, 0.25) is 23.6 Å². The van der Waals surface area contributed by atoms with Crippen molar-refractivity contribution in [3.8, 4) is 5.75 Å². The van der Waals surface area contributed by atoms with Gasteiger partial charge in [0.25, 0.3) is 0 Å². The van der Waals surface area contributed by atoms with Crippen LogP contribution in [0.3, 0.4) is 0 Å². The van der Waals surface area contributed by atoms with Crippen molar-refractivity contribution in [2.45, 2.75) is 100 Å². The van der Waals surface area contributed by atoms with Crippen LogP contribution in [0.5, 0.6) is 5.75 Å². The number of amides is 4. The quantitative estimate of drug-likeness (QED) is 0.192. The van der Waals surface area contributed by atoms with Gasteiger partial charge in [0.1, 0.15) is 23.9 Å². The maximum atomic E-state index is 14.3. The minimum Gasteiger partial charge on any atom is -0.495 e. The molecule has 0 saturated carbocycles. The summed E-state index contributed by atoms with van der Waals surface area (Å²) < 4.78 is 48.0. The van der Waals surface area contributed by atoms with Crippen molar-refractivity contribution in [3.05, 3.63) is 96.1 Å². The number of ether oxygens (including phenoxy) is 1. The molecule has 6 rings (SSSR count). The summed E-state index contributed by atoms with van der Waals surface area (Å²) in [7, 11) is 1.56. The molecule has 300 valence electrons. The van der Waals surface area contributed by atoms with Crippen LogP contribution in [0.4, 0.5) is 18.9 Å². The van der Waals surface area contributed by atoms with Crippen LogP contribution in [0.15, 0.2) is 84.9 Å². The summed E-state index contributed by atoms with van der Waals surface area (Å²) in [4.78, 5) is 58.9. The smallest absolute Gasteiger partial charge is 0.408 e. The number of benzene rings is 3. The van der Waals surface area contributed by atoms with Crippen LogP contribution >= 0.6 is 11.8 Å². The second-order valence-corrected chi connectivity index (χ2v) is 16.3. The Morgan fingerprint density at radius 1 is 0.750 bits per heavy atom. The van der Waals surface area contributed by atoms with E-state index in [2.05, 4.69) is 10.6 Å². The van der Waals surface area contributed by atoms with Crippen LogP contribution in [0.25, 0.3) is 0 Å². The standard InChI is InChI=1S/C43H51F3N4O5S/c1-55-36-19-9-8-18-35(36)49-25-11-10-17-33(41(49)53)47-39(51)31(27-29-13-4-2-5-14-29)22-23-32(28-30-15-6-3-7-16-30)40(52)48-34-24-26-56-38-21-12-20-37(43(44,45)46)50(38)42(34)54/h2-9,13-16,18-19,31-34,37-38H,10-12,17,20-28H2,1H3,(H,47,51)(H,48,52)/t31-,32-,33+,34+,37?,38+/m1/s1. The summed E-state index contributed by atoms with van der Waals surface area (Å²) in [6.45, 7) is 0.493. The number of nitrogens with one attached hydrogen (secondary N) is 2. The first kappa shape index (κ1) is 41.1. The second-order valence-electron chi connectivity index (χ2n) is 15.0. The first-order chi connectivity index (χ1) is 27.0. The molecule has 3 aliphatic heterocycles. The van der Waals surface area contributed by atoms with Crippen molar-refractivity contribution in [2.75, 3.05) is 24.3 Å². The number of alkyl halides is 3. The molecule has 3 aliphatic rings. The number of fused-ring (bicyclic) bond motifs is 1. The molecule has 3 aromatic rings. The van der Waals surface area contributed by atoms with Gasteiger partial charge in [-0.3, -0.25) is 19.2 Å². The van der Waals surface area contributed by atoms with Crippen LogP contribution in [0.1, 0.15) is 68.9 Å². The van der Waals surface area contributed by atoms with Crippen molar-refractivity contribution >= 4 is 41.1 Å². The highest BCUT2D eigenvalue weighted by atomic mass is 32.2. The number of anilines is 1. The van der Waals surface area contributed by atoms with Gasteiger partial charge in [-0.2, -0.15) is 13.2 Å². The number of carbonyl (C=O) groups is 4. The number of piperidine rings is 1. The van der Waals surface area contributed by atoms with E-state index >= 15 is 0 Å². The molecular formula is C43H51F3N4O5S. The highest BCUT2D eigenvalue weighted by molar-refractivity contribution is 7.99. The number of thioether (sulfide) groups is 1. The number of halogens is 3. The summed E-state index contributed by atoms with van der Waals surface area (Å²) >= 11 is 1.34. The average Bonchev–Trinajstić information content (AvgIpc) is 3.48. The van der Waals surface area contributed by atoms with Crippen LogP contribution in [0.2, 0.25) is 0 Å². The number of nitrogens with zero attached hydrogens (tertiary/aromatic N) is 2. The fourth-order valence-electron chi connectivity index (χ4n) is 8.20. The molecule has 13 heteroatoms. The molecule has 3 heterocycles. The molecule has 3 fully saturated rings. The molecule has 3 saturated heterocycles. The van der Waals surface area contributed by atoms with Gasteiger partial charge >= 0.3 is 6.18 Å².